The number of ether oxygens (including phenoxy) is 2. The first kappa shape index (κ1) is 15.3. The number of nitrogens with zero attached hydrogens (tertiary/aromatic N) is 1. The van der Waals surface area contributed by atoms with Gasteiger partial charge in [-0.25, -0.2) is 18.0 Å². The van der Waals surface area contributed by atoms with Gasteiger partial charge >= 0.3 is 5.97 Å². The Bertz CT molecular complexity index is 556. The van der Waals surface area contributed by atoms with Crippen molar-refractivity contribution in [1.29, 1.82) is 0 Å². The molecule has 0 saturated carbocycles. The van der Waals surface area contributed by atoms with Crippen molar-refractivity contribution >= 4 is 11.9 Å². The van der Waals surface area contributed by atoms with E-state index in [1.54, 1.807) is 0 Å². The molecular formula is C13H12F3NO4. The molecule has 1 atom stereocenters. The lowest BCUT2D eigenvalue weighted by molar-refractivity contribution is -0.151. The summed E-state index contributed by atoms with van der Waals surface area (Å²) in [6.07, 6.45) is 0. The zero-order chi connectivity index (χ0) is 15.6. The number of esters is 1. The number of methoxy groups -OCH3 is 1. The van der Waals surface area contributed by atoms with Gasteiger partial charge in [0.1, 0.15) is 23.0 Å². The highest BCUT2D eigenvalue weighted by molar-refractivity contribution is 5.97. The van der Waals surface area contributed by atoms with Gasteiger partial charge in [0.2, 0.25) is 0 Å². The Morgan fingerprint density at radius 2 is 1.90 bits per heavy atom. The molecule has 0 aliphatic carbocycles. The Hall–Kier alpha value is -2.09. The van der Waals surface area contributed by atoms with Crippen LogP contribution in [0, 0.1) is 17.5 Å². The summed E-state index contributed by atoms with van der Waals surface area (Å²) in [5.74, 6) is -5.59. The van der Waals surface area contributed by atoms with Gasteiger partial charge in [-0.2, -0.15) is 0 Å². The van der Waals surface area contributed by atoms with Crippen molar-refractivity contribution in [1.82, 2.24) is 4.90 Å². The monoisotopic (exact) mass is 303 g/mol. The van der Waals surface area contributed by atoms with Crippen molar-refractivity contribution < 1.29 is 32.2 Å². The molecular weight excluding hydrogens is 291 g/mol. The molecule has 1 aromatic rings. The van der Waals surface area contributed by atoms with Gasteiger partial charge in [-0.05, 0) is 0 Å². The quantitative estimate of drug-likeness (QED) is 0.768. The summed E-state index contributed by atoms with van der Waals surface area (Å²) in [6.45, 7) is -0.0542. The van der Waals surface area contributed by atoms with Gasteiger partial charge in [0.05, 0.1) is 20.3 Å². The third-order valence-electron chi connectivity index (χ3n) is 3.08. The maximum atomic E-state index is 13.7. The van der Waals surface area contributed by atoms with E-state index in [0.29, 0.717) is 12.1 Å². The number of carbonyl (C=O) groups is 2. The van der Waals surface area contributed by atoms with Gasteiger partial charge < -0.3 is 14.4 Å². The van der Waals surface area contributed by atoms with E-state index in [-0.39, 0.29) is 19.8 Å². The lowest BCUT2D eigenvalue weighted by Crippen LogP contribution is -2.53. The van der Waals surface area contributed by atoms with E-state index >= 15 is 0 Å². The average molecular weight is 303 g/mol. The van der Waals surface area contributed by atoms with Gasteiger partial charge in [0, 0.05) is 18.7 Å². The number of hydrogen-bond donors (Lipinski definition) is 0. The first-order valence-corrected chi connectivity index (χ1v) is 6.06. The minimum Gasteiger partial charge on any atom is -0.467 e. The van der Waals surface area contributed by atoms with Crippen LogP contribution < -0.4 is 0 Å². The molecule has 1 saturated heterocycles. The van der Waals surface area contributed by atoms with Crippen LogP contribution >= 0.6 is 0 Å². The third-order valence-corrected chi connectivity index (χ3v) is 3.08. The lowest BCUT2D eigenvalue weighted by Gasteiger charge is -2.33. The molecule has 0 aromatic heterocycles. The Labute approximate surface area is 118 Å². The van der Waals surface area contributed by atoms with E-state index < -0.39 is 40.9 Å². The van der Waals surface area contributed by atoms with Crippen LogP contribution in [0.1, 0.15) is 10.4 Å². The average Bonchev–Trinajstić information content (AvgIpc) is 2.45. The van der Waals surface area contributed by atoms with Crippen LogP contribution in [0.25, 0.3) is 0 Å². The summed E-state index contributed by atoms with van der Waals surface area (Å²) >= 11 is 0. The van der Waals surface area contributed by atoms with Crippen molar-refractivity contribution in [3.8, 4) is 0 Å². The molecule has 0 radical (unpaired) electrons. The number of amides is 1. The van der Waals surface area contributed by atoms with Crippen LogP contribution in [0.4, 0.5) is 13.2 Å². The van der Waals surface area contributed by atoms with Gasteiger partial charge in [0.15, 0.2) is 6.04 Å². The van der Waals surface area contributed by atoms with E-state index in [4.69, 9.17) is 4.74 Å². The van der Waals surface area contributed by atoms with Crippen molar-refractivity contribution in [2.45, 2.75) is 6.04 Å². The predicted molar refractivity (Wildman–Crippen MR) is 64.0 cm³/mol. The van der Waals surface area contributed by atoms with Crippen LogP contribution in [0.5, 0.6) is 0 Å². The second-order valence-electron chi connectivity index (χ2n) is 4.36. The number of halogens is 3. The lowest BCUT2D eigenvalue weighted by atomic mass is 10.1. The molecule has 114 valence electrons. The second-order valence-corrected chi connectivity index (χ2v) is 4.36. The Morgan fingerprint density at radius 3 is 2.48 bits per heavy atom. The maximum absolute atomic E-state index is 13.7. The minimum atomic E-state index is -1.33. The van der Waals surface area contributed by atoms with E-state index in [0.717, 1.165) is 12.0 Å². The summed E-state index contributed by atoms with van der Waals surface area (Å²) in [4.78, 5) is 24.8. The SMILES string of the molecule is COC(=O)C1COCCN1C(=O)c1c(F)cc(F)cc1F. The van der Waals surface area contributed by atoms with Gasteiger partial charge in [-0.3, -0.25) is 4.79 Å². The summed E-state index contributed by atoms with van der Waals surface area (Å²) in [5.41, 5.74) is -0.910. The van der Waals surface area contributed by atoms with Crippen LogP contribution in [0.3, 0.4) is 0 Å². The number of carbonyl (C=O) groups excluding carboxylic acids is 2. The fourth-order valence-electron chi connectivity index (χ4n) is 2.07. The Morgan fingerprint density at radius 1 is 1.29 bits per heavy atom. The predicted octanol–water partition coefficient (Wildman–Crippen LogP) is 1.12. The number of rotatable bonds is 2. The van der Waals surface area contributed by atoms with E-state index in [9.17, 15) is 22.8 Å². The maximum Gasteiger partial charge on any atom is 0.331 e. The van der Waals surface area contributed by atoms with Gasteiger partial charge in [-0.1, -0.05) is 0 Å². The second kappa shape index (κ2) is 6.13. The molecule has 5 nitrogen and oxygen atoms in total. The first-order chi connectivity index (χ1) is 9.95. The molecule has 1 heterocycles. The molecule has 21 heavy (non-hydrogen) atoms. The molecule has 0 N–H and O–H groups in total. The smallest absolute Gasteiger partial charge is 0.331 e. The topological polar surface area (TPSA) is 55.8 Å². The number of benzene rings is 1. The highest BCUT2D eigenvalue weighted by Crippen LogP contribution is 2.20. The van der Waals surface area contributed by atoms with E-state index in [1.807, 2.05) is 0 Å². The van der Waals surface area contributed by atoms with Gasteiger partial charge in [0.25, 0.3) is 5.91 Å². The standard InChI is InChI=1S/C13H12F3NO4/c1-20-13(19)10-6-21-3-2-17(10)12(18)11-8(15)4-7(14)5-9(11)16/h4-5,10H,2-3,6H2,1H3. The molecule has 1 aromatic carbocycles. The molecule has 0 spiro atoms. The molecule has 1 unspecified atom stereocenters. The van der Waals surface area contributed by atoms with Crippen LogP contribution in [-0.4, -0.2) is 49.7 Å². The van der Waals surface area contributed by atoms with Crippen molar-refractivity contribution in [2.75, 3.05) is 26.9 Å². The highest BCUT2D eigenvalue weighted by atomic mass is 19.1. The third kappa shape index (κ3) is 2.99. The Kier molecular flexibility index (Phi) is 4.46. The van der Waals surface area contributed by atoms with E-state index in [1.165, 1.54) is 0 Å². The molecule has 8 heteroatoms. The largest absolute Gasteiger partial charge is 0.467 e. The summed E-state index contributed by atoms with van der Waals surface area (Å²) in [7, 11) is 1.12. The van der Waals surface area contributed by atoms with Crippen LogP contribution in [0.15, 0.2) is 12.1 Å². The Balaban J connectivity index is 2.36. The normalized spacial score (nSPS) is 18.5. The first-order valence-electron chi connectivity index (χ1n) is 6.06. The molecule has 1 amide bonds. The molecule has 0 bridgehead atoms. The fraction of sp³-hybridized carbons (Fsp3) is 0.385. The number of hydrogen-bond acceptors (Lipinski definition) is 4. The van der Waals surface area contributed by atoms with Crippen molar-refractivity contribution in [3.63, 3.8) is 0 Å². The molecule has 1 aliphatic heterocycles. The van der Waals surface area contributed by atoms with Crippen molar-refractivity contribution in [3.05, 3.63) is 35.1 Å². The van der Waals surface area contributed by atoms with Crippen molar-refractivity contribution in [2.24, 2.45) is 0 Å². The van der Waals surface area contributed by atoms with Crippen LogP contribution in [-0.2, 0) is 14.3 Å². The zero-order valence-corrected chi connectivity index (χ0v) is 11.1. The fourth-order valence-corrected chi connectivity index (χ4v) is 2.07. The van der Waals surface area contributed by atoms with E-state index in [2.05, 4.69) is 4.74 Å². The number of morpholine rings is 1. The summed E-state index contributed by atoms with van der Waals surface area (Å²) < 4.78 is 49.8. The highest BCUT2D eigenvalue weighted by Gasteiger charge is 2.36. The van der Waals surface area contributed by atoms with Crippen LogP contribution in [0.2, 0.25) is 0 Å². The zero-order valence-electron chi connectivity index (χ0n) is 11.1. The molecule has 1 aliphatic rings. The van der Waals surface area contributed by atoms with Gasteiger partial charge in [-0.15, -0.1) is 0 Å². The molecule has 2 rings (SSSR count). The minimum absolute atomic E-state index is 0.0329. The summed E-state index contributed by atoms with van der Waals surface area (Å²) in [5, 5.41) is 0. The summed E-state index contributed by atoms with van der Waals surface area (Å²) in [6, 6.07) is -0.284. The molecule has 1 fully saturated rings.